The second kappa shape index (κ2) is 8.71. The molecule has 0 bridgehead atoms. The predicted molar refractivity (Wildman–Crippen MR) is 123 cm³/mol. The fourth-order valence-corrected chi connectivity index (χ4v) is 5.03. The fraction of sp³-hybridized carbons (Fsp3) is 0.346. The van der Waals surface area contributed by atoms with E-state index in [2.05, 4.69) is 5.32 Å². The van der Waals surface area contributed by atoms with E-state index in [0.29, 0.717) is 12.1 Å². The number of imide groups is 1. The molecule has 0 radical (unpaired) electrons. The van der Waals surface area contributed by atoms with Gasteiger partial charge in [0.15, 0.2) is 0 Å². The van der Waals surface area contributed by atoms with Gasteiger partial charge in [-0.15, -0.1) is 0 Å². The molecule has 2 saturated heterocycles. The first-order chi connectivity index (χ1) is 15.4. The van der Waals surface area contributed by atoms with Crippen molar-refractivity contribution in [2.75, 3.05) is 4.90 Å². The summed E-state index contributed by atoms with van der Waals surface area (Å²) in [5, 5.41) is 13.5. The molecule has 0 spiro atoms. The maximum atomic E-state index is 13.6. The Morgan fingerprint density at radius 2 is 1.78 bits per heavy atom. The maximum Gasteiger partial charge on any atom is 0.324 e. The molecule has 2 heterocycles. The molecule has 2 aromatic carbocycles. The molecule has 0 aliphatic carbocycles. The van der Waals surface area contributed by atoms with Gasteiger partial charge >= 0.3 is 5.97 Å². The van der Waals surface area contributed by atoms with Crippen LogP contribution in [0, 0.1) is 18.8 Å². The zero-order chi connectivity index (χ0) is 22.9. The topological polar surface area (TPSA) is 86.7 Å². The lowest BCUT2D eigenvalue weighted by Crippen LogP contribution is -2.56. The van der Waals surface area contributed by atoms with Crippen LogP contribution in [0.3, 0.4) is 0 Å². The monoisotopic (exact) mass is 432 g/mol. The van der Waals surface area contributed by atoms with E-state index in [9.17, 15) is 19.5 Å². The molecular formula is C26H28N2O4. The van der Waals surface area contributed by atoms with Crippen LogP contribution in [0.25, 0.3) is 6.08 Å². The SMILES string of the molecule is CCCCC1(C(=O)O)NC(/C=C/c2ccccc2)C2C(=O)N(c3ccccc3C)C(=O)C21. The van der Waals surface area contributed by atoms with Crippen molar-refractivity contribution in [2.24, 2.45) is 11.8 Å². The van der Waals surface area contributed by atoms with Gasteiger partial charge in [-0.3, -0.25) is 19.7 Å². The fourth-order valence-electron chi connectivity index (χ4n) is 5.03. The number of benzene rings is 2. The summed E-state index contributed by atoms with van der Waals surface area (Å²) in [6.07, 6.45) is 5.43. The highest BCUT2D eigenvalue weighted by molar-refractivity contribution is 6.24. The van der Waals surface area contributed by atoms with Crippen LogP contribution in [-0.4, -0.2) is 34.5 Å². The predicted octanol–water partition coefficient (Wildman–Crippen LogP) is 3.80. The average molecular weight is 433 g/mol. The van der Waals surface area contributed by atoms with E-state index in [-0.39, 0.29) is 12.3 Å². The van der Waals surface area contributed by atoms with Gasteiger partial charge in [-0.05, 0) is 30.5 Å². The number of nitrogens with one attached hydrogen (secondary N) is 1. The van der Waals surface area contributed by atoms with Crippen molar-refractivity contribution < 1.29 is 19.5 Å². The number of rotatable bonds is 7. The molecule has 6 heteroatoms. The molecule has 6 nitrogen and oxygen atoms in total. The third-order valence-electron chi connectivity index (χ3n) is 6.65. The van der Waals surface area contributed by atoms with Crippen molar-refractivity contribution in [2.45, 2.75) is 44.7 Å². The third-order valence-corrected chi connectivity index (χ3v) is 6.65. The Balaban J connectivity index is 1.79. The lowest BCUT2D eigenvalue weighted by Gasteiger charge is -2.31. The van der Waals surface area contributed by atoms with E-state index >= 15 is 0 Å². The summed E-state index contributed by atoms with van der Waals surface area (Å²) in [6, 6.07) is 16.3. The number of carbonyl (C=O) groups excluding carboxylic acids is 2. The van der Waals surface area contributed by atoms with E-state index in [4.69, 9.17) is 0 Å². The smallest absolute Gasteiger partial charge is 0.324 e. The summed E-state index contributed by atoms with van der Waals surface area (Å²) < 4.78 is 0. The number of unbranched alkanes of at least 4 members (excludes halogenated alkanes) is 1. The first kappa shape index (κ1) is 22.0. The summed E-state index contributed by atoms with van der Waals surface area (Å²) in [5.74, 6) is -3.58. The van der Waals surface area contributed by atoms with Crippen molar-refractivity contribution in [3.63, 3.8) is 0 Å². The molecule has 4 rings (SSSR count). The second-order valence-corrected chi connectivity index (χ2v) is 8.62. The summed E-state index contributed by atoms with van der Waals surface area (Å²) in [5.41, 5.74) is 0.793. The minimum absolute atomic E-state index is 0.288. The molecule has 2 N–H and O–H groups in total. The molecule has 2 aliphatic heterocycles. The highest BCUT2D eigenvalue weighted by Crippen LogP contribution is 2.47. The number of carboxylic acid groups (broad SMARTS) is 1. The molecule has 2 aromatic rings. The van der Waals surface area contributed by atoms with Crippen LogP contribution in [-0.2, 0) is 14.4 Å². The zero-order valence-corrected chi connectivity index (χ0v) is 18.3. The number of fused-ring (bicyclic) bond motifs is 1. The molecule has 4 unspecified atom stereocenters. The van der Waals surface area contributed by atoms with E-state index < -0.39 is 35.3 Å². The number of hydrogen-bond acceptors (Lipinski definition) is 4. The molecule has 4 atom stereocenters. The van der Waals surface area contributed by atoms with Crippen LogP contribution in [0.2, 0.25) is 0 Å². The van der Waals surface area contributed by atoms with Crippen molar-refractivity contribution in [1.82, 2.24) is 5.32 Å². The molecule has 32 heavy (non-hydrogen) atoms. The molecule has 0 saturated carbocycles. The van der Waals surface area contributed by atoms with E-state index in [1.165, 1.54) is 4.90 Å². The van der Waals surface area contributed by atoms with Crippen LogP contribution in [0.1, 0.15) is 37.3 Å². The van der Waals surface area contributed by atoms with Crippen LogP contribution in [0.5, 0.6) is 0 Å². The number of hydrogen-bond donors (Lipinski definition) is 2. The molecule has 2 aliphatic rings. The van der Waals surface area contributed by atoms with Gasteiger partial charge in [0, 0.05) is 6.04 Å². The maximum absolute atomic E-state index is 13.6. The van der Waals surface area contributed by atoms with E-state index in [0.717, 1.165) is 17.5 Å². The van der Waals surface area contributed by atoms with Gasteiger partial charge in [-0.25, -0.2) is 4.90 Å². The summed E-state index contributed by atoms with van der Waals surface area (Å²) >= 11 is 0. The lowest BCUT2D eigenvalue weighted by molar-refractivity contribution is -0.149. The highest BCUT2D eigenvalue weighted by atomic mass is 16.4. The number of aryl methyl sites for hydroxylation is 1. The van der Waals surface area contributed by atoms with Gasteiger partial charge in [0.05, 0.1) is 17.5 Å². The largest absolute Gasteiger partial charge is 0.480 e. The van der Waals surface area contributed by atoms with Crippen molar-refractivity contribution in [3.05, 3.63) is 71.8 Å². The van der Waals surface area contributed by atoms with Gasteiger partial charge in [0.25, 0.3) is 0 Å². The highest BCUT2D eigenvalue weighted by Gasteiger charge is 2.67. The first-order valence-electron chi connectivity index (χ1n) is 11.1. The second-order valence-electron chi connectivity index (χ2n) is 8.62. The molecule has 2 fully saturated rings. The van der Waals surface area contributed by atoms with Crippen LogP contribution in [0.4, 0.5) is 5.69 Å². The van der Waals surface area contributed by atoms with Crippen molar-refractivity contribution in [3.8, 4) is 0 Å². The van der Waals surface area contributed by atoms with Crippen molar-refractivity contribution in [1.29, 1.82) is 0 Å². The van der Waals surface area contributed by atoms with Gasteiger partial charge in [0.2, 0.25) is 11.8 Å². The molecule has 0 aromatic heterocycles. The third kappa shape index (κ3) is 3.54. The number of amides is 2. The summed E-state index contributed by atoms with van der Waals surface area (Å²) in [4.78, 5) is 41.0. The van der Waals surface area contributed by atoms with Crippen LogP contribution in [0.15, 0.2) is 60.7 Å². The van der Waals surface area contributed by atoms with Crippen LogP contribution >= 0.6 is 0 Å². The van der Waals surface area contributed by atoms with Gasteiger partial charge < -0.3 is 5.11 Å². The average Bonchev–Trinajstić information content (AvgIpc) is 3.26. The number of carboxylic acids is 1. The first-order valence-corrected chi connectivity index (χ1v) is 11.1. The number of para-hydroxylation sites is 1. The summed E-state index contributed by atoms with van der Waals surface area (Å²) in [7, 11) is 0. The Morgan fingerprint density at radius 3 is 2.44 bits per heavy atom. The molecular weight excluding hydrogens is 404 g/mol. The molecule has 166 valence electrons. The number of nitrogens with zero attached hydrogens (tertiary/aromatic N) is 1. The quantitative estimate of drug-likeness (QED) is 0.650. The Bertz CT molecular complexity index is 1060. The van der Waals surface area contributed by atoms with Crippen molar-refractivity contribution >= 4 is 29.5 Å². The number of anilines is 1. The Morgan fingerprint density at radius 1 is 1.09 bits per heavy atom. The minimum Gasteiger partial charge on any atom is -0.480 e. The van der Waals surface area contributed by atoms with E-state index in [1.54, 1.807) is 12.1 Å². The van der Waals surface area contributed by atoms with Crippen LogP contribution < -0.4 is 10.2 Å². The Hall–Kier alpha value is -3.25. The number of aliphatic carboxylic acids is 1. The number of carbonyl (C=O) groups is 3. The normalized spacial score (nSPS) is 27.3. The Labute approximate surface area is 187 Å². The summed E-state index contributed by atoms with van der Waals surface area (Å²) in [6.45, 7) is 3.83. The zero-order valence-electron chi connectivity index (χ0n) is 18.3. The minimum atomic E-state index is -1.48. The molecule has 2 amide bonds. The van der Waals surface area contributed by atoms with Gasteiger partial charge in [-0.1, -0.05) is 80.4 Å². The van der Waals surface area contributed by atoms with Gasteiger partial charge in [-0.2, -0.15) is 0 Å². The lowest BCUT2D eigenvalue weighted by atomic mass is 9.77. The van der Waals surface area contributed by atoms with E-state index in [1.807, 2.05) is 68.5 Å². The standard InChI is InChI=1S/C26H28N2O4/c1-3-4-16-26(25(31)32)22-21(19(27-26)15-14-18-11-6-5-7-12-18)23(29)28(24(22)30)20-13-9-8-10-17(20)2/h5-15,19,21-22,27H,3-4,16H2,1-2H3,(H,31,32)/b15-14+. The Kier molecular flexibility index (Phi) is 5.98. The van der Waals surface area contributed by atoms with Gasteiger partial charge in [0.1, 0.15) is 5.54 Å².